The van der Waals surface area contributed by atoms with E-state index in [1.807, 2.05) is 18.2 Å². The summed E-state index contributed by atoms with van der Waals surface area (Å²) in [6.45, 7) is 3.78. The summed E-state index contributed by atoms with van der Waals surface area (Å²) in [6.07, 6.45) is 10.1. The number of rotatable bonds is 6. The molecule has 5 rings (SSSR count). The molecule has 0 saturated heterocycles. The SMILES string of the molecule is CC(=O)CCCC12CCC(c3nnc(-c4ccccc4C)o3)(CC1)CC2. The van der Waals surface area contributed by atoms with Crippen LogP contribution in [-0.4, -0.2) is 16.0 Å². The van der Waals surface area contributed by atoms with Crippen LogP contribution in [0.1, 0.15) is 76.2 Å². The zero-order valence-corrected chi connectivity index (χ0v) is 15.9. The maximum absolute atomic E-state index is 11.2. The van der Waals surface area contributed by atoms with Gasteiger partial charge >= 0.3 is 0 Å². The van der Waals surface area contributed by atoms with Crippen LogP contribution in [0, 0.1) is 12.3 Å². The molecule has 2 aromatic rings. The minimum Gasteiger partial charge on any atom is -0.420 e. The van der Waals surface area contributed by atoms with E-state index in [-0.39, 0.29) is 5.41 Å². The van der Waals surface area contributed by atoms with E-state index in [2.05, 4.69) is 23.2 Å². The predicted molar refractivity (Wildman–Crippen MR) is 101 cm³/mol. The number of aromatic nitrogens is 2. The summed E-state index contributed by atoms with van der Waals surface area (Å²) in [4.78, 5) is 11.2. The number of carbonyl (C=O) groups is 1. The fourth-order valence-corrected chi connectivity index (χ4v) is 5.03. The highest BCUT2D eigenvalue weighted by atomic mass is 16.4. The number of hydrogen-bond acceptors (Lipinski definition) is 4. The van der Waals surface area contributed by atoms with Gasteiger partial charge in [0.1, 0.15) is 5.78 Å². The first-order valence-electron chi connectivity index (χ1n) is 9.92. The van der Waals surface area contributed by atoms with Gasteiger partial charge in [-0.05, 0) is 82.3 Å². The minimum absolute atomic E-state index is 0.0796. The lowest BCUT2D eigenvalue weighted by molar-refractivity contribution is -0.117. The summed E-state index contributed by atoms with van der Waals surface area (Å²) in [5.41, 5.74) is 2.73. The van der Waals surface area contributed by atoms with Gasteiger partial charge in [0.05, 0.1) is 0 Å². The second-order valence-electron chi connectivity index (χ2n) is 8.56. The fraction of sp³-hybridized carbons (Fsp3) is 0.591. The van der Waals surface area contributed by atoms with E-state index < -0.39 is 0 Å². The Hall–Kier alpha value is -1.97. The molecular weight excluding hydrogens is 324 g/mol. The molecule has 2 bridgehead atoms. The van der Waals surface area contributed by atoms with Crippen molar-refractivity contribution in [3.63, 3.8) is 0 Å². The van der Waals surface area contributed by atoms with Crippen molar-refractivity contribution in [1.82, 2.24) is 10.2 Å². The van der Waals surface area contributed by atoms with Crippen molar-refractivity contribution in [2.45, 2.75) is 77.0 Å². The smallest absolute Gasteiger partial charge is 0.248 e. The molecule has 0 radical (unpaired) electrons. The van der Waals surface area contributed by atoms with Gasteiger partial charge in [-0.3, -0.25) is 0 Å². The van der Waals surface area contributed by atoms with E-state index in [1.54, 1.807) is 6.92 Å². The first-order chi connectivity index (χ1) is 12.5. The highest BCUT2D eigenvalue weighted by molar-refractivity contribution is 5.75. The zero-order chi connectivity index (χ0) is 18.2. The minimum atomic E-state index is 0.0796. The average Bonchev–Trinajstić information content (AvgIpc) is 3.14. The van der Waals surface area contributed by atoms with E-state index >= 15 is 0 Å². The molecule has 138 valence electrons. The van der Waals surface area contributed by atoms with Crippen LogP contribution >= 0.6 is 0 Å². The molecule has 0 atom stereocenters. The Morgan fingerprint density at radius 3 is 2.42 bits per heavy atom. The van der Waals surface area contributed by atoms with E-state index in [0.29, 0.717) is 17.1 Å². The Morgan fingerprint density at radius 1 is 1.08 bits per heavy atom. The molecule has 4 nitrogen and oxygen atoms in total. The van der Waals surface area contributed by atoms with Crippen molar-refractivity contribution in [3.8, 4) is 11.5 Å². The lowest BCUT2D eigenvalue weighted by atomic mass is 9.52. The largest absolute Gasteiger partial charge is 0.420 e. The second kappa shape index (κ2) is 6.64. The Labute approximate surface area is 155 Å². The molecule has 0 amide bonds. The summed E-state index contributed by atoms with van der Waals surface area (Å²) >= 11 is 0. The number of benzene rings is 1. The molecule has 0 N–H and O–H groups in total. The second-order valence-corrected chi connectivity index (χ2v) is 8.56. The molecular formula is C22H28N2O2. The topological polar surface area (TPSA) is 56.0 Å². The Morgan fingerprint density at radius 2 is 1.77 bits per heavy atom. The van der Waals surface area contributed by atoms with Crippen LogP contribution in [0.25, 0.3) is 11.5 Å². The van der Waals surface area contributed by atoms with Gasteiger partial charge in [-0.15, -0.1) is 10.2 Å². The molecule has 0 aliphatic heterocycles. The molecule has 3 saturated carbocycles. The van der Waals surface area contributed by atoms with Crippen LogP contribution in [0.3, 0.4) is 0 Å². The molecule has 0 unspecified atom stereocenters. The van der Waals surface area contributed by atoms with E-state index in [0.717, 1.165) is 49.1 Å². The standard InChI is InChI=1S/C22H28N2O2/c1-16-6-3-4-8-18(16)19-23-24-20(26-19)22-13-10-21(11-14-22,12-15-22)9-5-7-17(2)25/h3-4,6,8H,5,7,9-15H2,1-2H3. The molecule has 1 aromatic heterocycles. The number of fused-ring (bicyclic) bond motifs is 3. The van der Waals surface area contributed by atoms with Crippen LogP contribution in [0.5, 0.6) is 0 Å². The van der Waals surface area contributed by atoms with Crippen LogP contribution in [0.15, 0.2) is 28.7 Å². The Balaban J connectivity index is 1.48. The number of nitrogens with zero attached hydrogens (tertiary/aromatic N) is 2. The Bertz CT molecular complexity index is 783. The summed E-state index contributed by atoms with van der Waals surface area (Å²) in [6, 6.07) is 8.17. The third-order valence-electron chi connectivity index (χ3n) is 6.89. The quantitative estimate of drug-likeness (QED) is 0.699. The lowest BCUT2D eigenvalue weighted by Gasteiger charge is -2.52. The van der Waals surface area contributed by atoms with Crippen LogP contribution in [0.2, 0.25) is 0 Å². The number of carbonyl (C=O) groups excluding carboxylic acids is 1. The number of ketones is 1. The third kappa shape index (κ3) is 3.10. The van der Waals surface area contributed by atoms with Crippen molar-refractivity contribution in [2.75, 3.05) is 0 Å². The fourth-order valence-electron chi connectivity index (χ4n) is 5.03. The number of hydrogen-bond donors (Lipinski definition) is 0. The molecule has 3 aliphatic rings. The maximum atomic E-state index is 11.2. The monoisotopic (exact) mass is 352 g/mol. The zero-order valence-electron chi connectivity index (χ0n) is 15.9. The first-order valence-corrected chi connectivity index (χ1v) is 9.92. The highest BCUT2D eigenvalue weighted by Gasteiger charge is 2.51. The van der Waals surface area contributed by atoms with Crippen molar-refractivity contribution in [3.05, 3.63) is 35.7 Å². The van der Waals surface area contributed by atoms with Gasteiger partial charge < -0.3 is 9.21 Å². The van der Waals surface area contributed by atoms with Crippen molar-refractivity contribution in [1.29, 1.82) is 0 Å². The molecule has 0 spiro atoms. The van der Waals surface area contributed by atoms with Crippen LogP contribution in [0.4, 0.5) is 0 Å². The van der Waals surface area contributed by atoms with E-state index in [4.69, 9.17) is 4.42 Å². The van der Waals surface area contributed by atoms with E-state index in [1.165, 1.54) is 25.7 Å². The summed E-state index contributed by atoms with van der Waals surface area (Å²) in [5, 5.41) is 8.84. The van der Waals surface area contributed by atoms with E-state index in [9.17, 15) is 4.79 Å². The Kier molecular flexibility index (Phi) is 4.45. The van der Waals surface area contributed by atoms with Gasteiger partial charge in [-0.25, -0.2) is 0 Å². The summed E-state index contributed by atoms with van der Waals surface area (Å²) in [7, 11) is 0. The van der Waals surface area contributed by atoms with Crippen molar-refractivity contribution < 1.29 is 9.21 Å². The van der Waals surface area contributed by atoms with Gasteiger partial charge in [0.25, 0.3) is 0 Å². The maximum Gasteiger partial charge on any atom is 0.248 e. The van der Waals surface area contributed by atoms with Crippen molar-refractivity contribution in [2.24, 2.45) is 5.41 Å². The summed E-state index contributed by atoms with van der Waals surface area (Å²) in [5.74, 6) is 1.81. The number of aryl methyl sites for hydroxylation is 1. The summed E-state index contributed by atoms with van der Waals surface area (Å²) < 4.78 is 6.19. The molecule has 3 fully saturated rings. The molecule has 1 heterocycles. The molecule has 1 aromatic carbocycles. The molecule has 4 heteroatoms. The lowest BCUT2D eigenvalue weighted by Crippen LogP contribution is -2.44. The predicted octanol–water partition coefficient (Wildman–Crippen LogP) is 5.40. The molecule has 3 aliphatic carbocycles. The van der Waals surface area contributed by atoms with Gasteiger partial charge in [0, 0.05) is 17.4 Å². The first kappa shape index (κ1) is 17.4. The van der Waals surface area contributed by atoms with Crippen LogP contribution in [-0.2, 0) is 10.2 Å². The van der Waals surface area contributed by atoms with Gasteiger partial charge in [0.2, 0.25) is 11.8 Å². The van der Waals surface area contributed by atoms with Gasteiger partial charge in [-0.2, -0.15) is 0 Å². The van der Waals surface area contributed by atoms with Crippen molar-refractivity contribution >= 4 is 5.78 Å². The molecule has 26 heavy (non-hydrogen) atoms. The van der Waals surface area contributed by atoms with Crippen LogP contribution < -0.4 is 0 Å². The normalized spacial score (nSPS) is 27.6. The highest BCUT2D eigenvalue weighted by Crippen LogP contribution is 2.59. The third-order valence-corrected chi connectivity index (χ3v) is 6.89. The van der Waals surface area contributed by atoms with Gasteiger partial charge in [0.15, 0.2) is 0 Å². The number of Topliss-reactive ketones (excluding diaryl/α,β-unsaturated/α-hetero) is 1. The van der Waals surface area contributed by atoms with Gasteiger partial charge in [-0.1, -0.05) is 18.2 Å². The average molecular weight is 352 g/mol.